The lowest BCUT2D eigenvalue weighted by Crippen LogP contribution is -2.41. The number of amides is 2. The van der Waals surface area contributed by atoms with E-state index in [-0.39, 0.29) is 29.3 Å². The Morgan fingerprint density at radius 2 is 1.81 bits per heavy atom. The van der Waals surface area contributed by atoms with E-state index in [1.165, 1.54) is 22.9 Å². The molecule has 1 saturated carbocycles. The SMILES string of the molecule is CC1(C)COC(=O)N1c1cnc(SC2CCCCCC2NC(=O)c2cc([N+](=O)[O-])cc([N+](=O)[O-])c2)o1. The Labute approximate surface area is 209 Å². The summed E-state index contributed by atoms with van der Waals surface area (Å²) in [5.41, 5.74) is -1.80. The van der Waals surface area contributed by atoms with Crippen molar-refractivity contribution >= 4 is 41.0 Å². The predicted octanol–water partition coefficient (Wildman–Crippen LogP) is 4.45. The first-order valence-electron chi connectivity index (χ1n) is 11.4. The number of benzene rings is 1. The van der Waals surface area contributed by atoms with Crippen molar-refractivity contribution in [1.82, 2.24) is 10.3 Å². The summed E-state index contributed by atoms with van der Waals surface area (Å²) in [6.07, 6.45) is 5.10. The molecule has 36 heavy (non-hydrogen) atoms. The summed E-state index contributed by atoms with van der Waals surface area (Å²) in [6.45, 7) is 3.92. The van der Waals surface area contributed by atoms with Gasteiger partial charge in [-0.15, -0.1) is 0 Å². The molecule has 0 spiro atoms. The van der Waals surface area contributed by atoms with Gasteiger partial charge in [-0.3, -0.25) is 25.0 Å². The van der Waals surface area contributed by atoms with E-state index in [4.69, 9.17) is 9.15 Å². The van der Waals surface area contributed by atoms with Crippen molar-refractivity contribution in [3.05, 3.63) is 50.2 Å². The number of anilines is 1. The van der Waals surface area contributed by atoms with Gasteiger partial charge >= 0.3 is 6.09 Å². The number of nitro groups is 2. The number of carbonyl (C=O) groups excluding carboxylic acids is 2. The quantitative estimate of drug-likeness (QED) is 0.313. The number of thioether (sulfide) groups is 1. The minimum absolute atomic E-state index is 0.129. The highest BCUT2D eigenvalue weighted by molar-refractivity contribution is 7.99. The molecule has 14 heteroatoms. The van der Waals surface area contributed by atoms with Crippen LogP contribution in [0.25, 0.3) is 0 Å². The average molecular weight is 520 g/mol. The number of aromatic nitrogens is 1. The molecular formula is C22H25N5O8S. The Morgan fingerprint density at radius 3 is 2.42 bits per heavy atom. The molecule has 2 amide bonds. The van der Waals surface area contributed by atoms with Crippen molar-refractivity contribution in [2.24, 2.45) is 0 Å². The zero-order valence-electron chi connectivity index (χ0n) is 19.7. The van der Waals surface area contributed by atoms with Gasteiger partial charge in [-0.2, -0.15) is 0 Å². The van der Waals surface area contributed by atoms with Gasteiger partial charge in [0.25, 0.3) is 22.5 Å². The van der Waals surface area contributed by atoms with Crippen LogP contribution in [0.5, 0.6) is 0 Å². The second-order valence-corrected chi connectivity index (χ2v) is 10.5. The highest BCUT2D eigenvalue weighted by Gasteiger charge is 2.43. The average Bonchev–Trinajstić information content (AvgIpc) is 3.30. The zero-order chi connectivity index (χ0) is 26.0. The third-order valence-electron chi connectivity index (χ3n) is 6.14. The van der Waals surface area contributed by atoms with Gasteiger partial charge in [0, 0.05) is 23.4 Å². The molecule has 13 nitrogen and oxygen atoms in total. The van der Waals surface area contributed by atoms with E-state index < -0.39 is 38.8 Å². The minimum atomic E-state index is -0.772. The lowest BCUT2D eigenvalue weighted by molar-refractivity contribution is -0.394. The van der Waals surface area contributed by atoms with Crippen molar-refractivity contribution < 1.29 is 28.6 Å². The second-order valence-electron chi connectivity index (χ2n) is 9.29. The van der Waals surface area contributed by atoms with Gasteiger partial charge in [-0.05, 0) is 26.7 Å². The molecule has 2 aromatic rings. The number of cyclic esters (lactones) is 1. The van der Waals surface area contributed by atoms with Crippen LogP contribution in [0.1, 0.15) is 56.3 Å². The lowest BCUT2D eigenvalue weighted by atomic mass is 10.1. The summed E-state index contributed by atoms with van der Waals surface area (Å²) in [5, 5.41) is 25.5. The minimum Gasteiger partial charge on any atom is -0.447 e. The summed E-state index contributed by atoms with van der Waals surface area (Å²) >= 11 is 1.33. The van der Waals surface area contributed by atoms with Gasteiger partial charge in [0.15, 0.2) is 0 Å². The number of oxazole rings is 1. The van der Waals surface area contributed by atoms with Gasteiger partial charge < -0.3 is 14.5 Å². The number of carbonyl (C=O) groups is 2. The van der Waals surface area contributed by atoms with Gasteiger partial charge in [-0.1, -0.05) is 31.0 Å². The molecule has 1 aromatic heterocycles. The van der Waals surface area contributed by atoms with Gasteiger partial charge in [0.1, 0.15) is 6.61 Å². The van der Waals surface area contributed by atoms with Crippen molar-refractivity contribution in [2.75, 3.05) is 11.5 Å². The first-order valence-corrected chi connectivity index (χ1v) is 12.3. The van der Waals surface area contributed by atoms with Crippen molar-refractivity contribution in [3.63, 3.8) is 0 Å². The topological polar surface area (TPSA) is 171 Å². The molecule has 1 aromatic carbocycles. The van der Waals surface area contributed by atoms with Gasteiger partial charge in [0.05, 0.1) is 33.2 Å². The Hall–Kier alpha value is -3.68. The van der Waals surface area contributed by atoms with Crippen LogP contribution in [-0.2, 0) is 4.74 Å². The number of nitrogens with zero attached hydrogens (tertiary/aromatic N) is 4. The highest BCUT2D eigenvalue weighted by atomic mass is 32.2. The van der Waals surface area contributed by atoms with Crippen LogP contribution < -0.4 is 10.2 Å². The summed E-state index contributed by atoms with van der Waals surface area (Å²) in [4.78, 5) is 51.7. The summed E-state index contributed by atoms with van der Waals surface area (Å²) in [7, 11) is 0. The van der Waals surface area contributed by atoms with E-state index in [2.05, 4.69) is 10.3 Å². The Bertz CT molecular complexity index is 1170. The molecule has 1 aliphatic carbocycles. The number of nitro benzene ring substituents is 2. The fraction of sp³-hybridized carbons (Fsp3) is 0.500. The van der Waals surface area contributed by atoms with Crippen molar-refractivity contribution in [3.8, 4) is 0 Å². The number of ether oxygens (including phenoxy) is 1. The van der Waals surface area contributed by atoms with E-state index in [0.717, 1.165) is 43.9 Å². The third kappa shape index (κ3) is 5.42. The van der Waals surface area contributed by atoms with Crippen LogP contribution in [-0.4, -0.2) is 50.3 Å². The number of nitrogens with one attached hydrogen (secondary N) is 1. The summed E-state index contributed by atoms with van der Waals surface area (Å²) in [6, 6.07) is 2.54. The fourth-order valence-electron chi connectivity index (χ4n) is 4.31. The zero-order valence-corrected chi connectivity index (χ0v) is 20.5. The Kier molecular flexibility index (Phi) is 7.15. The summed E-state index contributed by atoms with van der Waals surface area (Å²) < 4.78 is 11.0. The number of hydrogen-bond donors (Lipinski definition) is 1. The van der Waals surface area contributed by atoms with Crippen LogP contribution >= 0.6 is 11.8 Å². The van der Waals surface area contributed by atoms with E-state index >= 15 is 0 Å². The maximum atomic E-state index is 13.0. The number of rotatable bonds is 7. The molecule has 1 saturated heterocycles. The van der Waals surface area contributed by atoms with E-state index in [1.807, 2.05) is 13.8 Å². The highest BCUT2D eigenvalue weighted by Crippen LogP contribution is 2.37. The number of non-ortho nitro benzene ring substituents is 2. The smallest absolute Gasteiger partial charge is 0.417 e. The first kappa shape index (κ1) is 25.4. The predicted molar refractivity (Wildman–Crippen MR) is 128 cm³/mol. The van der Waals surface area contributed by atoms with Crippen LogP contribution in [0.2, 0.25) is 0 Å². The maximum absolute atomic E-state index is 13.0. The monoisotopic (exact) mass is 519 g/mol. The summed E-state index contributed by atoms with van der Waals surface area (Å²) in [5.74, 6) is -0.364. The van der Waals surface area contributed by atoms with Crippen molar-refractivity contribution in [1.29, 1.82) is 0 Å². The standard InChI is InChI=1S/C22H25N5O8S/c1-22(2)12-34-21(29)25(22)18-11-23-20(35-18)36-17-7-5-3-4-6-16(17)24-19(28)13-8-14(26(30)31)10-15(9-13)27(32)33/h8-11,16-17H,3-7,12H2,1-2H3,(H,24,28). The molecule has 2 atom stereocenters. The molecule has 2 fully saturated rings. The lowest BCUT2D eigenvalue weighted by Gasteiger charge is -2.25. The molecule has 4 rings (SSSR count). The molecule has 2 aliphatic rings. The van der Waals surface area contributed by atoms with Crippen LogP contribution in [0, 0.1) is 20.2 Å². The van der Waals surface area contributed by atoms with Crippen LogP contribution in [0.4, 0.5) is 22.1 Å². The molecular weight excluding hydrogens is 494 g/mol. The molecule has 2 heterocycles. The third-order valence-corrected chi connectivity index (χ3v) is 7.39. The van der Waals surface area contributed by atoms with Gasteiger partial charge in [-0.25, -0.2) is 14.7 Å². The van der Waals surface area contributed by atoms with E-state index in [0.29, 0.717) is 11.6 Å². The largest absolute Gasteiger partial charge is 0.447 e. The Balaban J connectivity index is 1.52. The molecule has 2 unspecified atom stereocenters. The normalized spacial score (nSPS) is 21.5. The fourth-order valence-corrected chi connectivity index (χ4v) is 5.47. The van der Waals surface area contributed by atoms with Crippen LogP contribution in [0.15, 0.2) is 34.0 Å². The van der Waals surface area contributed by atoms with Crippen molar-refractivity contribution in [2.45, 2.75) is 68.0 Å². The van der Waals surface area contributed by atoms with E-state index in [1.54, 1.807) is 0 Å². The second kappa shape index (κ2) is 10.1. The number of hydrogen-bond acceptors (Lipinski definition) is 10. The molecule has 192 valence electrons. The maximum Gasteiger partial charge on any atom is 0.417 e. The van der Waals surface area contributed by atoms with Crippen LogP contribution in [0.3, 0.4) is 0 Å². The molecule has 1 N–H and O–H groups in total. The van der Waals surface area contributed by atoms with Gasteiger partial charge in [0.2, 0.25) is 5.88 Å². The molecule has 1 aliphatic heterocycles. The van der Waals surface area contributed by atoms with E-state index in [9.17, 15) is 29.8 Å². The Morgan fingerprint density at radius 1 is 1.14 bits per heavy atom. The first-order chi connectivity index (χ1) is 17.0. The molecule has 0 radical (unpaired) electrons. The molecule has 0 bridgehead atoms.